The fourth-order valence-corrected chi connectivity index (χ4v) is 4.98. The Bertz CT molecular complexity index is 1270. The van der Waals surface area contributed by atoms with Gasteiger partial charge in [0.25, 0.3) is 0 Å². The molecule has 0 N–H and O–H groups in total. The molecule has 0 bridgehead atoms. The number of hydrogen-bond donors (Lipinski definition) is 0. The van der Waals surface area contributed by atoms with Gasteiger partial charge in [-0.3, -0.25) is 0 Å². The molecule has 32 heavy (non-hydrogen) atoms. The number of fused-ring (bicyclic) bond motifs is 2. The van der Waals surface area contributed by atoms with Crippen LogP contribution in [0.15, 0.2) is 73.2 Å². The van der Waals surface area contributed by atoms with Crippen LogP contribution in [0.2, 0.25) is 0 Å². The maximum Gasteiger partial charge on any atom is 0.123 e. The molecule has 4 aromatic rings. The van der Waals surface area contributed by atoms with Gasteiger partial charge in [0.2, 0.25) is 0 Å². The minimum Gasteiger partial charge on any atom is -0.361 e. The molecule has 0 saturated carbocycles. The van der Waals surface area contributed by atoms with Crippen LogP contribution in [0.1, 0.15) is 23.6 Å². The zero-order chi connectivity index (χ0) is 22.3. The van der Waals surface area contributed by atoms with E-state index in [2.05, 4.69) is 72.3 Å². The summed E-state index contributed by atoms with van der Waals surface area (Å²) >= 11 is 0. The Kier molecular flexibility index (Phi) is 5.24. The molecular weight excluding hydrogens is 401 g/mol. The molecule has 3 aromatic carbocycles. The van der Waals surface area contributed by atoms with Crippen LogP contribution in [-0.2, 0) is 16.9 Å². The van der Waals surface area contributed by atoms with Crippen LogP contribution >= 0.6 is 0 Å². The third kappa shape index (κ3) is 3.48. The SMILES string of the molecule is CC(CN(C)C)C1(c2ccc(F)cc2)OCc2cc(-c3ccc4cncnc4c3)ccc21. The van der Waals surface area contributed by atoms with Gasteiger partial charge >= 0.3 is 0 Å². The first-order valence-electron chi connectivity index (χ1n) is 10.9. The third-order valence-electron chi connectivity index (χ3n) is 6.41. The highest BCUT2D eigenvalue weighted by atomic mass is 19.1. The number of nitrogens with zero attached hydrogens (tertiary/aromatic N) is 3. The number of hydrogen-bond acceptors (Lipinski definition) is 4. The van der Waals surface area contributed by atoms with E-state index < -0.39 is 5.60 Å². The van der Waals surface area contributed by atoms with Crippen LogP contribution in [0, 0.1) is 11.7 Å². The van der Waals surface area contributed by atoms with E-state index in [1.165, 1.54) is 17.7 Å². The van der Waals surface area contributed by atoms with Gasteiger partial charge in [-0.05, 0) is 66.2 Å². The second-order valence-corrected chi connectivity index (χ2v) is 8.86. The van der Waals surface area contributed by atoms with Gasteiger partial charge in [0, 0.05) is 24.0 Å². The van der Waals surface area contributed by atoms with E-state index in [9.17, 15) is 4.39 Å². The summed E-state index contributed by atoms with van der Waals surface area (Å²) < 4.78 is 20.3. The Morgan fingerprint density at radius 2 is 1.78 bits per heavy atom. The maximum atomic E-state index is 13.7. The summed E-state index contributed by atoms with van der Waals surface area (Å²) in [7, 11) is 4.13. The van der Waals surface area contributed by atoms with Gasteiger partial charge in [-0.25, -0.2) is 14.4 Å². The van der Waals surface area contributed by atoms with E-state index >= 15 is 0 Å². The molecule has 2 atom stereocenters. The highest BCUT2D eigenvalue weighted by molar-refractivity contribution is 5.83. The van der Waals surface area contributed by atoms with Gasteiger partial charge in [0.15, 0.2) is 0 Å². The molecular formula is C27H26FN3O. The van der Waals surface area contributed by atoms with Gasteiger partial charge in [-0.1, -0.05) is 43.3 Å². The van der Waals surface area contributed by atoms with E-state index in [4.69, 9.17) is 4.74 Å². The second kappa shape index (κ2) is 8.08. The third-order valence-corrected chi connectivity index (χ3v) is 6.41. The van der Waals surface area contributed by atoms with E-state index in [0.29, 0.717) is 6.61 Å². The molecule has 2 unspecified atom stereocenters. The standard InChI is InChI=1S/C27H26FN3O/c1-18(15-31(2)3)27(23-7-9-24(28)10-8-23)25-11-6-19(12-22(25)16-32-27)20-4-5-21-14-29-17-30-26(21)13-20/h4-14,17-18H,15-16H2,1-3H3. The molecule has 1 aliphatic heterocycles. The van der Waals surface area contributed by atoms with Crippen molar-refractivity contribution in [1.29, 1.82) is 0 Å². The summed E-state index contributed by atoms with van der Waals surface area (Å²) in [5, 5.41) is 1.02. The molecule has 0 saturated heterocycles. The van der Waals surface area contributed by atoms with Crippen molar-refractivity contribution in [2.45, 2.75) is 19.1 Å². The van der Waals surface area contributed by atoms with Crippen molar-refractivity contribution in [3.63, 3.8) is 0 Å². The molecule has 5 heteroatoms. The quantitative estimate of drug-likeness (QED) is 0.427. The van der Waals surface area contributed by atoms with Crippen LogP contribution < -0.4 is 0 Å². The summed E-state index contributed by atoms with van der Waals surface area (Å²) in [6.45, 7) is 3.58. The summed E-state index contributed by atoms with van der Waals surface area (Å²) in [6.07, 6.45) is 3.40. The molecule has 162 valence electrons. The van der Waals surface area contributed by atoms with Crippen molar-refractivity contribution in [3.05, 3.63) is 95.7 Å². The van der Waals surface area contributed by atoms with E-state index in [1.54, 1.807) is 6.33 Å². The van der Waals surface area contributed by atoms with Crippen molar-refractivity contribution < 1.29 is 9.13 Å². The van der Waals surface area contributed by atoms with E-state index in [0.717, 1.165) is 39.7 Å². The first-order chi connectivity index (χ1) is 15.5. The molecule has 2 heterocycles. The highest BCUT2D eigenvalue weighted by Crippen LogP contribution is 2.48. The smallest absolute Gasteiger partial charge is 0.123 e. The average molecular weight is 428 g/mol. The second-order valence-electron chi connectivity index (χ2n) is 8.86. The lowest BCUT2D eigenvalue weighted by Gasteiger charge is -2.37. The van der Waals surface area contributed by atoms with Gasteiger partial charge in [-0.2, -0.15) is 0 Å². The van der Waals surface area contributed by atoms with Crippen LogP contribution in [-0.4, -0.2) is 35.5 Å². The highest BCUT2D eigenvalue weighted by Gasteiger charge is 2.46. The van der Waals surface area contributed by atoms with Gasteiger partial charge in [0.1, 0.15) is 17.7 Å². The predicted octanol–water partition coefficient (Wildman–Crippen LogP) is 5.41. The van der Waals surface area contributed by atoms with Crippen LogP contribution in [0.5, 0.6) is 0 Å². The van der Waals surface area contributed by atoms with Crippen LogP contribution in [0.4, 0.5) is 4.39 Å². The Morgan fingerprint density at radius 3 is 2.56 bits per heavy atom. The van der Waals surface area contributed by atoms with Crippen molar-refractivity contribution in [2.75, 3.05) is 20.6 Å². The summed E-state index contributed by atoms with van der Waals surface area (Å²) in [5.74, 6) is -0.0646. The topological polar surface area (TPSA) is 38.2 Å². The number of benzene rings is 3. The number of halogens is 1. The summed E-state index contributed by atoms with van der Waals surface area (Å²) in [6, 6.07) is 19.5. The molecule has 0 spiro atoms. The number of ether oxygens (including phenoxy) is 1. The van der Waals surface area contributed by atoms with Gasteiger partial charge < -0.3 is 9.64 Å². The molecule has 0 amide bonds. The van der Waals surface area contributed by atoms with Crippen LogP contribution in [0.25, 0.3) is 22.0 Å². The molecule has 4 nitrogen and oxygen atoms in total. The minimum atomic E-state index is -0.609. The largest absolute Gasteiger partial charge is 0.361 e. The lowest BCUT2D eigenvalue weighted by atomic mass is 9.76. The monoisotopic (exact) mass is 427 g/mol. The predicted molar refractivity (Wildman–Crippen MR) is 125 cm³/mol. The van der Waals surface area contributed by atoms with Crippen molar-refractivity contribution in [2.24, 2.45) is 5.92 Å². The van der Waals surface area contributed by atoms with Crippen LogP contribution in [0.3, 0.4) is 0 Å². The molecule has 0 aliphatic carbocycles. The zero-order valence-electron chi connectivity index (χ0n) is 18.5. The Balaban J connectivity index is 1.60. The first kappa shape index (κ1) is 20.7. The fourth-order valence-electron chi connectivity index (χ4n) is 4.98. The lowest BCUT2D eigenvalue weighted by Crippen LogP contribution is -2.40. The molecule has 5 rings (SSSR count). The summed E-state index contributed by atoms with van der Waals surface area (Å²) in [4.78, 5) is 10.7. The fraction of sp³-hybridized carbons (Fsp3) is 0.259. The zero-order valence-corrected chi connectivity index (χ0v) is 18.5. The Morgan fingerprint density at radius 1 is 1.03 bits per heavy atom. The van der Waals surface area contributed by atoms with Gasteiger partial charge in [0.05, 0.1) is 12.1 Å². The number of aromatic nitrogens is 2. The minimum absolute atomic E-state index is 0.174. The van der Waals surface area contributed by atoms with Crippen molar-refractivity contribution >= 4 is 10.9 Å². The van der Waals surface area contributed by atoms with Crippen molar-refractivity contribution in [3.8, 4) is 11.1 Å². The Labute approximate surface area is 187 Å². The first-order valence-corrected chi connectivity index (χ1v) is 10.9. The summed E-state index contributed by atoms with van der Waals surface area (Å²) in [5.41, 5.74) is 5.87. The normalized spacial score (nSPS) is 18.8. The van der Waals surface area contributed by atoms with E-state index in [-0.39, 0.29) is 11.7 Å². The molecule has 1 aromatic heterocycles. The lowest BCUT2D eigenvalue weighted by molar-refractivity contribution is -0.0505. The van der Waals surface area contributed by atoms with Crippen molar-refractivity contribution in [1.82, 2.24) is 14.9 Å². The molecule has 0 fully saturated rings. The average Bonchev–Trinajstić information content (AvgIpc) is 3.19. The number of rotatable bonds is 5. The van der Waals surface area contributed by atoms with Gasteiger partial charge in [-0.15, -0.1) is 0 Å². The Hall–Kier alpha value is -3.15. The molecule has 0 radical (unpaired) electrons. The van der Waals surface area contributed by atoms with E-state index in [1.807, 2.05) is 18.3 Å². The maximum absolute atomic E-state index is 13.7. The molecule has 1 aliphatic rings.